The first-order valence-electron chi connectivity index (χ1n) is 11.3. The largest absolute Gasteiger partial charge is 0.306 e. The van der Waals surface area contributed by atoms with Crippen molar-refractivity contribution < 1.29 is 9.59 Å². The number of rotatable bonds is 7. The van der Waals surface area contributed by atoms with Crippen LogP contribution in [-0.4, -0.2) is 36.7 Å². The first-order valence-corrected chi connectivity index (χ1v) is 12.1. The van der Waals surface area contributed by atoms with E-state index in [1.165, 1.54) is 10.7 Å². The van der Waals surface area contributed by atoms with Gasteiger partial charge in [0, 0.05) is 35.5 Å². The van der Waals surface area contributed by atoms with E-state index >= 15 is 0 Å². The Morgan fingerprint density at radius 1 is 1.00 bits per heavy atom. The van der Waals surface area contributed by atoms with Gasteiger partial charge in [0.2, 0.25) is 0 Å². The quantitative estimate of drug-likeness (QED) is 0.253. The molecule has 0 unspecified atom stereocenters. The number of carbonyl (C=O) groups excluding carboxylic acids is 2. The van der Waals surface area contributed by atoms with Gasteiger partial charge < -0.3 is 5.32 Å². The summed E-state index contributed by atoms with van der Waals surface area (Å²) in [6.45, 7) is 1.85. The smallest absolute Gasteiger partial charge is 0.258 e. The second-order valence-electron chi connectivity index (χ2n) is 8.26. The van der Waals surface area contributed by atoms with Gasteiger partial charge in [0.05, 0.1) is 33.2 Å². The maximum atomic E-state index is 13.4. The van der Waals surface area contributed by atoms with E-state index in [1.807, 2.05) is 43.3 Å². The fourth-order valence-electron chi connectivity index (χ4n) is 3.81. The minimum absolute atomic E-state index is 0.123. The zero-order chi connectivity index (χ0) is 25.9. The number of Topliss-reactive ketones (excluding diaryl/α,β-unsaturated/α-hetero) is 1. The van der Waals surface area contributed by atoms with E-state index in [0.717, 1.165) is 11.3 Å². The summed E-state index contributed by atoms with van der Waals surface area (Å²) in [5, 5.41) is 14.7. The Kier molecular flexibility index (Phi) is 6.85. The van der Waals surface area contributed by atoms with Crippen molar-refractivity contribution in [2.75, 3.05) is 5.32 Å². The number of para-hydroxylation sites is 1. The normalized spacial score (nSPS) is 10.9. The molecule has 0 fully saturated rings. The molecule has 2 aromatic carbocycles. The Labute approximate surface area is 222 Å². The van der Waals surface area contributed by atoms with E-state index in [-0.39, 0.29) is 28.5 Å². The Morgan fingerprint density at radius 3 is 2.49 bits per heavy atom. The molecule has 8 nitrogen and oxygen atoms in total. The van der Waals surface area contributed by atoms with Crippen LogP contribution in [0.25, 0.3) is 16.9 Å². The number of halogens is 2. The molecule has 0 radical (unpaired) electrons. The fourth-order valence-corrected chi connectivity index (χ4v) is 4.38. The summed E-state index contributed by atoms with van der Waals surface area (Å²) in [6, 6.07) is 19.3. The number of pyridine rings is 1. The summed E-state index contributed by atoms with van der Waals surface area (Å²) in [5.41, 5.74) is 3.85. The third-order valence-corrected chi connectivity index (χ3v) is 6.39. The number of amides is 1. The molecule has 0 spiro atoms. The number of aromatic amines is 1. The van der Waals surface area contributed by atoms with Crippen LogP contribution in [0.5, 0.6) is 0 Å². The molecular weight excluding hydrogens is 511 g/mol. The number of aromatic nitrogens is 5. The number of ketones is 1. The van der Waals surface area contributed by atoms with Gasteiger partial charge in [-0.25, -0.2) is 4.68 Å². The fraction of sp³-hybridized carbons (Fsp3) is 0.0741. The zero-order valence-corrected chi connectivity index (χ0v) is 21.1. The second kappa shape index (κ2) is 10.4. The van der Waals surface area contributed by atoms with Crippen LogP contribution in [0.4, 0.5) is 5.82 Å². The lowest BCUT2D eigenvalue weighted by Crippen LogP contribution is -2.16. The molecule has 37 heavy (non-hydrogen) atoms. The van der Waals surface area contributed by atoms with Crippen molar-refractivity contribution in [2.24, 2.45) is 0 Å². The Balaban J connectivity index is 1.50. The molecular formula is C27H20Cl2N6O2. The van der Waals surface area contributed by atoms with E-state index in [0.29, 0.717) is 27.8 Å². The molecule has 0 saturated carbocycles. The molecule has 0 aliphatic rings. The predicted octanol–water partition coefficient (Wildman–Crippen LogP) is 5.95. The van der Waals surface area contributed by atoms with E-state index < -0.39 is 5.91 Å². The van der Waals surface area contributed by atoms with Gasteiger partial charge in [0.25, 0.3) is 5.91 Å². The molecule has 0 aliphatic carbocycles. The van der Waals surface area contributed by atoms with Gasteiger partial charge in [0.15, 0.2) is 5.78 Å². The standard InChI is InChI=1S/C27H20Cl2N6O2/c1-16-17(15-31-33-16)11-25(36)24-14-26(35(34-24)18-7-3-2-4-8-18)32-27(37)20-12-19(21(28)13-22(20)29)23-9-5-6-10-30-23/h2-10,12-15H,11H2,1H3,(H,31,33)(H,32,37). The maximum absolute atomic E-state index is 13.4. The number of anilines is 1. The van der Waals surface area contributed by atoms with E-state index in [1.54, 1.807) is 36.7 Å². The average Bonchev–Trinajstić information content (AvgIpc) is 3.51. The Hall–Kier alpha value is -4.27. The van der Waals surface area contributed by atoms with Crippen LogP contribution in [0, 0.1) is 6.92 Å². The first-order chi connectivity index (χ1) is 17.9. The van der Waals surface area contributed by atoms with E-state index in [2.05, 4.69) is 25.6 Å². The molecule has 5 rings (SSSR count). The monoisotopic (exact) mass is 530 g/mol. The van der Waals surface area contributed by atoms with Crippen molar-refractivity contribution in [2.45, 2.75) is 13.3 Å². The van der Waals surface area contributed by atoms with Gasteiger partial charge in [-0.1, -0.05) is 47.5 Å². The number of nitrogens with zero attached hydrogens (tertiary/aromatic N) is 4. The summed E-state index contributed by atoms with van der Waals surface area (Å²) in [6.07, 6.45) is 3.38. The molecule has 0 saturated heterocycles. The molecule has 0 bridgehead atoms. The number of carbonyl (C=O) groups is 2. The molecule has 10 heteroatoms. The summed E-state index contributed by atoms with van der Waals surface area (Å²) < 4.78 is 1.51. The highest BCUT2D eigenvalue weighted by molar-refractivity contribution is 6.38. The number of nitrogens with one attached hydrogen (secondary N) is 2. The number of hydrogen-bond acceptors (Lipinski definition) is 5. The highest BCUT2D eigenvalue weighted by Gasteiger charge is 2.21. The molecule has 184 valence electrons. The number of benzene rings is 2. The number of aryl methyl sites for hydroxylation is 1. The van der Waals surface area contributed by atoms with Crippen LogP contribution >= 0.6 is 23.2 Å². The lowest BCUT2D eigenvalue weighted by molar-refractivity contribution is 0.0985. The van der Waals surface area contributed by atoms with Gasteiger partial charge >= 0.3 is 0 Å². The van der Waals surface area contributed by atoms with Crippen molar-refractivity contribution in [3.8, 4) is 16.9 Å². The molecule has 3 heterocycles. The minimum Gasteiger partial charge on any atom is -0.306 e. The Bertz CT molecular complexity index is 1600. The topological polar surface area (TPSA) is 106 Å². The second-order valence-corrected chi connectivity index (χ2v) is 9.08. The highest BCUT2D eigenvalue weighted by atomic mass is 35.5. The van der Waals surface area contributed by atoms with Crippen LogP contribution in [0.1, 0.15) is 32.1 Å². The van der Waals surface area contributed by atoms with Crippen molar-refractivity contribution in [1.29, 1.82) is 0 Å². The summed E-state index contributed by atoms with van der Waals surface area (Å²) in [5.74, 6) is -0.383. The third-order valence-electron chi connectivity index (χ3n) is 5.76. The maximum Gasteiger partial charge on any atom is 0.258 e. The number of hydrogen-bond donors (Lipinski definition) is 2. The SMILES string of the molecule is Cc1[nH]ncc1CC(=O)c1cc(NC(=O)c2cc(-c3ccccn3)c(Cl)cc2Cl)n(-c2ccccc2)n1. The first kappa shape index (κ1) is 24.4. The average molecular weight is 531 g/mol. The summed E-state index contributed by atoms with van der Waals surface area (Å²) in [4.78, 5) is 30.8. The van der Waals surface area contributed by atoms with Gasteiger partial charge in [0.1, 0.15) is 11.5 Å². The third kappa shape index (κ3) is 5.16. The molecule has 3 aromatic heterocycles. The van der Waals surface area contributed by atoms with Gasteiger partial charge in [-0.3, -0.25) is 19.7 Å². The molecule has 2 N–H and O–H groups in total. The van der Waals surface area contributed by atoms with Crippen LogP contribution in [-0.2, 0) is 6.42 Å². The van der Waals surface area contributed by atoms with Crippen LogP contribution in [0.3, 0.4) is 0 Å². The van der Waals surface area contributed by atoms with E-state index in [9.17, 15) is 9.59 Å². The lowest BCUT2D eigenvalue weighted by atomic mass is 10.1. The van der Waals surface area contributed by atoms with Gasteiger partial charge in [-0.05, 0) is 43.3 Å². The van der Waals surface area contributed by atoms with Crippen LogP contribution < -0.4 is 5.32 Å². The van der Waals surface area contributed by atoms with Crippen molar-refractivity contribution in [3.63, 3.8) is 0 Å². The minimum atomic E-state index is -0.486. The van der Waals surface area contributed by atoms with Crippen molar-refractivity contribution in [1.82, 2.24) is 25.0 Å². The molecule has 0 aliphatic heterocycles. The van der Waals surface area contributed by atoms with Crippen molar-refractivity contribution >= 4 is 40.7 Å². The number of H-pyrrole nitrogens is 1. The zero-order valence-electron chi connectivity index (χ0n) is 19.6. The predicted molar refractivity (Wildman–Crippen MR) is 143 cm³/mol. The van der Waals surface area contributed by atoms with Gasteiger partial charge in [-0.2, -0.15) is 10.2 Å². The highest BCUT2D eigenvalue weighted by Crippen LogP contribution is 2.32. The molecule has 5 aromatic rings. The van der Waals surface area contributed by atoms with Crippen LogP contribution in [0.2, 0.25) is 10.0 Å². The van der Waals surface area contributed by atoms with Crippen molar-refractivity contribution in [3.05, 3.63) is 112 Å². The Morgan fingerprint density at radius 2 is 1.78 bits per heavy atom. The molecule has 0 atom stereocenters. The molecule has 1 amide bonds. The van der Waals surface area contributed by atoms with E-state index in [4.69, 9.17) is 23.2 Å². The van der Waals surface area contributed by atoms with Crippen LogP contribution in [0.15, 0.2) is 79.1 Å². The summed E-state index contributed by atoms with van der Waals surface area (Å²) in [7, 11) is 0. The van der Waals surface area contributed by atoms with Gasteiger partial charge in [-0.15, -0.1) is 0 Å². The lowest BCUT2D eigenvalue weighted by Gasteiger charge is -2.12. The summed E-state index contributed by atoms with van der Waals surface area (Å²) >= 11 is 12.8.